The lowest BCUT2D eigenvalue weighted by atomic mass is 10.1. The molecule has 2 aliphatic heterocycles. The average Bonchev–Trinajstić information content (AvgIpc) is 2.33. The molecule has 0 unspecified atom stereocenters. The Morgan fingerprint density at radius 1 is 1.44 bits per heavy atom. The highest BCUT2D eigenvalue weighted by Gasteiger charge is 2.28. The van der Waals surface area contributed by atoms with Gasteiger partial charge in [0.15, 0.2) is 0 Å². The first kappa shape index (κ1) is 6.01. The molecule has 0 spiro atoms. The minimum atomic E-state index is 0.740. The molecule has 1 atom stereocenters. The van der Waals surface area contributed by atoms with E-state index >= 15 is 0 Å². The van der Waals surface area contributed by atoms with Gasteiger partial charge in [-0.2, -0.15) is 0 Å². The van der Waals surface area contributed by atoms with Crippen molar-refractivity contribution in [3.8, 4) is 0 Å². The summed E-state index contributed by atoms with van der Waals surface area (Å²) >= 11 is 1.56. The van der Waals surface area contributed by atoms with Gasteiger partial charge in [-0.1, -0.05) is 6.42 Å². The van der Waals surface area contributed by atoms with Crippen LogP contribution in [-0.4, -0.2) is 23.5 Å². The lowest BCUT2D eigenvalue weighted by molar-refractivity contribution is 0.257. The Hall–Kier alpha value is 0.270. The molecule has 2 heterocycles. The topological polar surface area (TPSA) is 12.5 Å². The van der Waals surface area contributed by atoms with Gasteiger partial charge in [-0.15, -0.1) is 0 Å². The number of fused-ring (bicyclic) bond motifs is 1. The Bertz CT molecular complexity index is 97.2. The Kier molecular flexibility index (Phi) is 1.66. The molecule has 2 aliphatic rings. The molecule has 3 heteroatoms. The van der Waals surface area contributed by atoms with Gasteiger partial charge >= 0.3 is 0 Å². The van der Waals surface area contributed by atoms with Crippen molar-refractivity contribution in [2.75, 3.05) is 13.2 Å². The maximum absolute atomic E-state index is 5.23. The molecule has 2 fully saturated rings. The van der Waals surface area contributed by atoms with E-state index in [-0.39, 0.29) is 0 Å². The molecule has 52 valence electrons. The first-order valence-electron chi connectivity index (χ1n) is 3.53. The van der Waals surface area contributed by atoms with Gasteiger partial charge in [0.1, 0.15) is 0 Å². The molecule has 0 aromatic heterocycles. The second-order valence-corrected chi connectivity index (χ2v) is 3.50. The van der Waals surface area contributed by atoms with Gasteiger partial charge < -0.3 is 0 Å². The Labute approximate surface area is 59.9 Å². The summed E-state index contributed by atoms with van der Waals surface area (Å²) in [5, 5.41) is 0. The normalized spacial score (nSPS) is 36.7. The number of piperidine rings is 1. The molecular formula is C6H11NOS. The van der Waals surface area contributed by atoms with Crippen molar-refractivity contribution in [3.63, 3.8) is 0 Å². The monoisotopic (exact) mass is 145 g/mol. The Balaban J connectivity index is 1.97. The summed E-state index contributed by atoms with van der Waals surface area (Å²) in [5.41, 5.74) is 0. The molecule has 0 amide bonds. The highest BCUT2D eigenvalue weighted by atomic mass is 32.2. The summed E-state index contributed by atoms with van der Waals surface area (Å²) in [7, 11) is 0. The third-order valence-electron chi connectivity index (χ3n) is 1.98. The van der Waals surface area contributed by atoms with Crippen LogP contribution in [0.15, 0.2) is 0 Å². The minimum Gasteiger partial charge on any atom is -0.299 e. The van der Waals surface area contributed by atoms with Crippen molar-refractivity contribution in [2.45, 2.75) is 25.3 Å². The van der Waals surface area contributed by atoms with Crippen LogP contribution in [0.25, 0.3) is 0 Å². The third kappa shape index (κ3) is 1.09. The molecule has 0 radical (unpaired) electrons. The molecule has 2 saturated heterocycles. The van der Waals surface area contributed by atoms with E-state index in [1.54, 1.807) is 12.2 Å². The quantitative estimate of drug-likeness (QED) is 0.378. The van der Waals surface area contributed by atoms with Crippen LogP contribution in [0.2, 0.25) is 0 Å². The van der Waals surface area contributed by atoms with Gasteiger partial charge in [-0.25, -0.2) is 4.31 Å². The molecule has 2 nitrogen and oxygen atoms in total. The second-order valence-electron chi connectivity index (χ2n) is 2.65. The van der Waals surface area contributed by atoms with Crippen LogP contribution in [0, 0.1) is 0 Å². The number of rotatable bonds is 0. The van der Waals surface area contributed by atoms with E-state index in [2.05, 4.69) is 4.31 Å². The zero-order valence-electron chi connectivity index (χ0n) is 5.38. The van der Waals surface area contributed by atoms with E-state index < -0.39 is 0 Å². The summed E-state index contributed by atoms with van der Waals surface area (Å²) < 4.78 is 7.60. The molecule has 9 heavy (non-hydrogen) atoms. The maximum atomic E-state index is 5.23. The lowest BCUT2D eigenvalue weighted by Gasteiger charge is -2.24. The van der Waals surface area contributed by atoms with Gasteiger partial charge in [0.2, 0.25) is 0 Å². The molecule has 0 bridgehead atoms. The van der Waals surface area contributed by atoms with Gasteiger partial charge in [-0.05, 0) is 12.8 Å². The number of nitrogens with zero attached hydrogens (tertiary/aromatic N) is 1. The van der Waals surface area contributed by atoms with Crippen LogP contribution in [0.4, 0.5) is 0 Å². The summed E-state index contributed by atoms with van der Waals surface area (Å²) in [6.07, 6.45) is 4.09. The Morgan fingerprint density at radius 3 is 3.33 bits per heavy atom. The first-order chi connectivity index (χ1) is 4.47. The molecule has 0 N–H and O–H groups in total. The molecular weight excluding hydrogens is 134 g/mol. The van der Waals surface area contributed by atoms with Crippen LogP contribution in [0.3, 0.4) is 0 Å². The molecule has 0 aromatic rings. The van der Waals surface area contributed by atoms with Crippen LogP contribution < -0.4 is 0 Å². The average molecular weight is 145 g/mol. The number of hydrogen-bond acceptors (Lipinski definition) is 3. The van der Waals surface area contributed by atoms with Gasteiger partial charge in [0.05, 0.1) is 18.8 Å². The van der Waals surface area contributed by atoms with E-state index in [0.717, 1.165) is 12.6 Å². The zero-order chi connectivity index (χ0) is 6.10. The van der Waals surface area contributed by atoms with E-state index in [4.69, 9.17) is 4.18 Å². The first-order valence-corrected chi connectivity index (χ1v) is 4.23. The van der Waals surface area contributed by atoms with E-state index in [1.165, 1.54) is 25.8 Å². The summed E-state index contributed by atoms with van der Waals surface area (Å²) in [4.78, 5) is 0. The van der Waals surface area contributed by atoms with Crippen molar-refractivity contribution in [1.29, 1.82) is 0 Å². The van der Waals surface area contributed by atoms with Gasteiger partial charge in [-0.3, -0.25) is 4.18 Å². The van der Waals surface area contributed by atoms with E-state index in [9.17, 15) is 0 Å². The van der Waals surface area contributed by atoms with Crippen molar-refractivity contribution in [1.82, 2.24) is 4.31 Å². The van der Waals surface area contributed by atoms with Crippen LogP contribution in [0.5, 0.6) is 0 Å². The van der Waals surface area contributed by atoms with Crippen LogP contribution >= 0.6 is 12.2 Å². The molecule has 0 aromatic carbocycles. The fourth-order valence-corrected chi connectivity index (χ4v) is 2.26. The fourth-order valence-electron chi connectivity index (χ4n) is 1.42. The smallest absolute Gasteiger partial charge is 0.0823 e. The van der Waals surface area contributed by atoms with Crippen molar-refractivity contribution < 1.29 is 4.18 Å². The molecule has 2 rings (SSSR count). The van der Waals surface area contributed by atoms with Crippen LogP contribution in [-0.2, 0) is 4.18 Å². The second kappa shape index (κ2) is 2.48. The predicted octanol–water partition coefficient (Wildman–Crippen LogP) is 1.43. The third-order valence-corrected chi connectivity index (χ3v) is 2.90. The predicted molar refractivity (Wildman–Crippen MR) is 37.9 cm³/mol. The highest BCUT2D eigenvalue weighted by molar-refractivity contribution is 7.92. The lowest BCUT2D eigenvalue weighted by Crippen LogP contribution is -2.31. The zero-order valence-corrected chi connectivity index (χ0v) is 6.19. The van der Waals surface area contributed by atoms with Gasteiger partial charge in [0.25, 0.3) is 0 Å². The fraction of sp³-hybridized carbons (Fsp3) is 1.00. The van der Waals surface area contributed by atoms with Gasteiger partial charge in [0, 0.05) is 12.6 Å². The largest absolute Gasteiger partial charge is 0.299 e. The standard InChI is InChI=1S/C6H11NOS/c1-2-4-7-6(3-1)5-8-9-7/h6H,1-5H2/t6-/m1/s1. The van der Waals surface area contributed by atoms with E-state index in [0.29, 0.717) is 0 Å². The molecule has 0 aliphatic carbocycles. The number of hydrogen-bond donors (Lipinski definition) is 0. The molecule has 0 saturated carbocycles. The van der Waals surface area contributed by atoms with E-state index in [1.807, 2.05) is 0 Å². The summed E-state index contributed by atoms with van der Waals surface area (Å²) in [6.45, 7) is 2.18. The maximum Gasteiger partial charge on any atom is 0.0823 e. The van der Waals surface area contributed by atoms with Crippen molar-refractivity contribution >= 4 is 12.2 Å². The summed E-state index contributed by atoms with van der Waals surface area (Å²) in [5.74, 6) is 0. The Morgan fingerprint density at radius 2 is 2.44 bits per heavy atom. The SMILES string of the molecule is C1CCN2SOC[C@H]2C1. The van der Waals surface area contributed by atoms with Crippen molar-refractivity contribution in [3.05, 3.63) is 0 Å². The highest BCUT2D eigenvalue weighted by Crippen LogP contribution is 2.31. The summed E-state index contributed by atoms with van der Waals surface area (Å²) in [6, 6.07) is 0.740. The van der Waals surface area contributed by atoms with Crippen LogP contribution in [0.1, 0.15) is 19.3 Å². The van der Waals surface area contributed by atoms with Crippen molar-refractivity contribution in [2.24, 2.45) is 0 Å². The minimum absolute atomic E-state index is 0.740.